The van der Waals surface area contributed by atoms with Crippen LogP contribution in [0.2, 0.25) is 0 Å². The van der Waals surface area contributed by atoms with Crippen molar-refractivity contribution in [3.63, 3.8) is 0 Å². The summed E-state index contributed by atoms with van der Waals surface area (Å²) in [5, 5.41) is 2.52. The van der Waals surface area contributed by atoms with Crippen LogP contribution in [0.1, 0.15) is 6.42 Å². The molecule has 0 amide bonds. The number of rotatable bonds is 1. The Morgan fingerprint density at radius 2 is 2.17 bits per heavy atom. The van der Waals surface area contributed by atoms with Crippen molar-refractivity contribution in [2.45, 2.75) is 12.6 Å². The SMILES string of the molecule is C=C/C=C1\CC(C(F)(F)F)=CN1. The molecule has 0 aliphatic carbocycles. The second-order valence-corrected chi connectivity index (χ2v) is 2.42. The van der Waals surface area contributed by atoms with E-state index < -0.39 is 11.7 Å². The summed E-state index contributed by atoms with van der Waals surface area (Å²) < 4.78 is 36.0. The van der Waals surface area contributed by atoms with Crippen molar-refractivity contribution in [2.75, 3.05) is 0 Å². The van der Waals surface area contributed by atoms with E-state index in [9.17, 15) is 13.2 Å². The highest BCUT2D eigenvalue weighted by Gasteiger charge is 2.35. The van der Waals surface area contributed by atoms with Gasteiger partial charge < -0.3 is 5.32 Å². The lowest BCUT2D eigenvalue weighted by atomic mass is 10.2. The summed E-state index contributed by atoms with van der Waals surface area (Å²) in [7, 11) is 0. The molecule has 12 heavy (non-hydrogen) atoms. The maximum atomic E-state index is 12.0. The summed E-state index contributed by atoms with van der Waals surface area (Å²) >= 11 is 0. The summed E-state index contributed by atoms with van der Waals surface area (Å²) in [5.41, 5.74) is -0.0204. The molecule has 0 bridgehead atoms. The standard InChI is InChI=1S/C8H8F3N/c1-2-3-7-4-6(5-12-7)8(9,10)11/h2-3,5,12H,1,4H2/b7-3+. The van der Waals surface area contributed by atoms with E-state index in [-0.39, 0.29) is 6.42 Å². The Morgan fingerprint density at radius 3 is 2.58 bits per heavy atom. The van der Waals surface area contributed by atoms with Crippen molar-refractivity contribution < 1.29 is 13.2 Å². The van der Waals surface area contributed by atoms with Crippen LogP contribution in [-0.4, -0.2) is 6.18 Å². The molecule has 4 heteroatoms. The van der Waals surface area contributed by atoms with Gasteiger partial charge in [-0.15, -0.1) is 0 Å². The summed E-state index contributed by atoms with van der Waals surface area (Å²) in [5.74, 6) is 0. The molecular weight excluding hydrogens is 167 g/mol. The molecule has 0 fully saturated rings. The van der Waals surface area contributed by atoms with E-state index in [1.807, 2.05) is 0 Å². The van der Waals surface area contributed by atoms with E-state index in [0.29, 0.717) is 5.70 Å². The first-order valence-corrected chi connectivity index (χ1v) is 3.38. The minimum atomic E-state index is -4.22. The Hall–Kier alpha value is -1.19. The fourth-order valence-electron chi connectivity index (χ4n) is 0.918. The van der Waals surface area contributed by atoms with Gasteiger partial charge in [0.1, 0.15) is 0 Å². The maximum absolute atomic E-state index is 12.0. The number of alkyl halides is 3. The highest BCUT2D eigenvalue weighted by molar-refractivity contribution is 5.28. The topological polar surface area (TPSA) is 12.0 Å². The second kappa shape index (κ2) is 3.05. The molecule has 1 nitrogen and oxygen atoms in total. The Labute approximate surface area is 68.3 Å². The number of hydrogen-bond donors (Lipinski definition) is 1. The lowest BCUT2D eigenvalue weighted by Crippen LogP contribution is -2.09. The molecule has 1 N–H and O–H groups in total. The van der Waals surface area contributed by atoms with Crippen LogP contribution in [0, 0.1) is 0 Å². The van der Waals surface area contributed by atoms with Crippen LogP contribution in [0.25, 0.3) is 0 Å². The maximum Gasteiger partial charge on any atom is 0.414 e. The summed E-state index contributed by atoms with van der Waals surface area (Å²) in [6, 6.07) is 0. The second-order valence-electron chi connectivity index (χ2n) is 2.42. The minimum absolute atomic E-state index is 0.0878. The van der Waals surface area contributed by atoms with Gasteiger partial charge in [-0.05, 0) is 6.08 Å². The van der Waals surface area contributed by atoms with Gasteiger partial charge in [0, 0.05) is 18.3 Å². The molecule has 1 aliphatic rings. The molecule has 0 saturated carbocycles. The largest absolute Gasteiger partial charge is 0.414 e. The summed E-state index contributed by atoms with van der Waals surface area (Å²) in [6.45, 7) is 3.39. The zero-order chi connectivity index (χ0) is 9.19. The third-order valence-electron chi connectivity index (χ3n) is 1.50. The molecule has 0 aromatic heterocycles. The van der Waals surface area contributed by atoms with Crippen LogP contribution < -0.4 is 5.32 Å². The van der Waals surface area contributed by atoms with E-state index in [0.717, 1.165) is 6.20 Å². The smallest absolute Gasteiger partial charge is 0.364 e. The highest BCUT2D eigenvalue weighted by atomic mass is 19.4. The van der Waals surface area contributed by atoms with Crippen molar-refractivity contribution in [1.82, 2.24) is 5.32 Å². The van der Waals surface area contributed by atoms with Crippen LogP contribution in [0.4, 0.5) is 13.2 Å². The fraction of sp³-hybridized carbons (Fsp3) is 0.250. The van der Waals surface area contributed by atoms with Gasteiger partial charge in [-0.3, -0.25) is 0 Å². The van der Waals surface area contributed by atoms with Crippen molar-refractivity contribution in [3.05, 3.63) is 36.2 Å². The number of allylic oxidation sites excluding steroid dienone is 3. The zero-order valence-electron chi connectivity index (χ0n) is 6.28. The Balaban J connectivity index is 2.66. The average Bonchev–Trinajstić information content (AvgIpc) is 2.35. The third kappa shape index (κ3) is 1.90. The first-order chi connectivity index (χ1) is 5.54. The fourth-order valence-corrected chi connectivity index (χ4v) is 0.918. The van der Waals surface area contributed by atoms with Gasteiger partial charge in [0.2, 0.25) is 0 Å². The van der Waals surface area contributed by atoms with Crippen LogP contribution >= 0.6 is 0 Å². The van der Waals surface area contributed by atoms with Gasteiger partial charge in [0.25, 0.3) is 0 Å². The molecule has 66 valence electrons. The summed E-state index contributed by atoms with van der Waals surface area (Å²) in [6.07, 6.45) is -0.348. The molecule has 0 atom stereocenters. The number of halogens is 3. The zero-order valence-corrected chi connectivity index (χ0v) is 6.28. The van der Waals surface area contributed by atoms with Gasteiger partial charge in [-0.25, -0.2) is 0 Å². The van der Waals surface area contributed by atoms with Gasteiger partial charge >= 0.3 is 6.18 Å². The molecule has 0 radical (unpaired) electrons. The van der Waals surface area contributed by atoms with Crippen LogP contribution in [-0.2, 0) is 0 Å². The van der Waals surface area contributed by atoms with Crippen molar-refractivity contribution in [1.29, 1.82) is 0 Å². The van der Waals surface area contributed by atoms with E-state index in [1.54, 1.807) is 0 Å². The molecule has 1 heterocycles. The van der Waals surface area contributed by atoms with Gasteiger partial charge in [0.05, 0.1) is 5.57 Å². The predicted molar refractivity (Wildman–Crippen MR) is 40.2 cm³/mol. The quantitative estimate of drug-likeness (QED) is 0.645. The first kappa shape index (κ1) is 8.90. The van der Waals surface area contributed by atoms with Crippen LogP contribution in [0.3, 0.4) is 0 Å². The third-order valence-corrected chi connectivity index (χ3v) is 1.50. The molecule has 0 saturated heterocycles. The van der Waals surface area contributed by atoms with Gasteiger partial charge in [-0.2, -0.15) is 13.2 Å². The average molecular weight is 175 g/mol. The van der Waals surface area contributed by atoms with E-state index in [1.165, 1.54) is 12.2 Å². The lowest BCUT2D eigenvalue weighted by molar-refractivity contribution is -0.0925. The monoisotopic (exact) mass is 175 g/mol. The molecule has 1 rings (SSSR count). The Morgan fingerprint density at radius 1 is 1.50 bits per heavy atom. The van der Waals surface area contributed by atoms with E-state index in [2.05, 4.69) is 11.9 Å². The molecule has 1 aliphatic heterocycles. The minimum Gasteiger partial charge on any atom is -0.364 e. The van der Waals surface area contributed by atoms with Crippen LogP contribution in [0.5, 0.6) is 0 Å². The van der Waals surface area contributed by atoms with Gasteiger partial charge in [0.15, 0.2) is 0 Å². The Kier molecular flexibility index (Phi) is 2.26. The molecule has 0 aromatic rings. The Bertz CT molecular complexity index is 248. The van der Waals surface area contributed by atoms with Crippen molar-refractivity contribution >= 4 is 0 Å². The van der Waals surface area contributed by atoms with Crippen molar-refractivity contribution in [2.24, 2.45) is 0 Å². The number of nitrogens with one attached hydrogen (secondary N) is 1. The van der Waals surface area contributed by atoms with E-state index in [4.69, 9.17) is 0 Å². The van der Waals surface area contributed by atoms with E-state index >= 15 is 0 Å². The normalized spacial score (nSPS) is 20.6. The molecule has 0 aromatic carbocycles. The van der Waals surface area contributed by atoms with Crippen molar-refractivity contribution in [3.8, 4) is 0 Å². The van der Waals surface area contributed by atoms with Crippen LogP contribution in [0.15, 0.2) is 36.2 Å². The molecule has 0 unspecified atom stereocenters. The number of hydrogen-bond acceptors (Lipinski definition) is 1. The predicted octanol–water partition coefficient (Wildman–Crippen LogP) is 2.50. The molecule has 0 spiro atoms. The lowest BCUT2D eigenvalue weighted by Gasteiger charge is -2.04. The highest BCUT2D eigenvalue weighted by Crippen LogP contribution is 2.32. The molecular formula is C8H8F3N. The van der Waals surface area contributed by atoms with Gasteiger partial charge in [-0.1, -0.05) is 12.7 Å². The summed E-state index contributed by atoms with van der Waals surface area (Å²) in [4.78, 5) is 0. The first-order valence-electron chi connectivity index (χ1n) is 3.38.